The smallest absolute Gasteiger partial charge is 0.267 e. The van der Waals surface area contributed by atoms with Gasteiger partial charge in [0.1, 0.15) is 5.69 Å². The number of carbonyl (C=O) groups is 1. The Kier molecular flexibility index (Phi) is 4.55. The highest BCUT2D eigenvalue weighted by molar-refractivity contribution is 7.09. The molecule has 5 heteroatoms. The van der Waals surface area contributed by atoms with Gasteiger partial charge in [0.2, 0.25) is 0 Å². The molecular weight excluding hydrogens is 246 g/mol. The number of nitrogens with two attached hydrogens (primary N) is 1. The molecule has 0 atom stereocenters. The average molecular weight is 263 g/mol. The third kappa shape index (κ3) is 3.21. The summed E-state index contributed by atoms with van der Waals surface area (Å²) in [6.45, 7) is 1.96. The van der Waals surface area contributed by atoms with Gasteiger partial charge in [0.15, 0.2) is 0 Å². The maximum atomic E-state index is 12.0. The molecule has 96 valence electrons. The topological polar surface area (TPSA) is 60.0 Å². The Morgan fingerprint density at radius 2 is 2.28 bits per heavy atom. The van der Waals surface area contributed by atoms with Gasteiger partial charge in [0, 0.05) is 17.6 Å². The van der Waals surface area contributed by atoms with Gasteiger partial charge in [0.05, 0.1) is 6.54 Å². The standard InChI is InChI=1S/C13H17N3OS/c14-6-3-7-15-13(17)12-5-1-8-16(12)10-11-4-2-9-18-11/h1-2,4-5,8-9H,3,6-7,10,14H2,(H,15,17). The second kappa shape index (κ2) is 6.37. The minimum absolute atomic E-state index is 0.0370. The summed E-state index contributed by atoms with van der Waals surface area (Å²) in [5.74, 6) is -0.0370. The van der Waals surface area contributed by atoms with Crippen molar-refractivity contribution in [2.75, 3.05) is 13.1 Å². The van der Waals surface area contributed by atoms with E-state index in [0.29, 0.717) is 18.8 Å². The van der Waals surface area contributed by atoms with Crippen LogP contribution in [0.5, 0.6) is 0 Å². The summed E-state index contributed by atoms with van der Waals surface area (Å²) in [6.07, 6.45) is 2.73. The maximum Gasteiger partial charge on any atom is 0.267 e. The molecule has 0 fully saturated rings. The van der Waals surface area contributed by atoms with Crippen molar-refractivity contribution < 1.29 is 4.79 Å². The lowest BCUT2D eigenvalue weighted by atomic mass is 10.3. The highest BCUT2D eigenvalue weighted by Crippen LogP contribution is 2.12. The van der Waals surface area contributed by atoms with Gasteiger partial charge in [-0.15, -0.1) is 11.3 Å². The third-order valence-corrected chi connectivity index (χ3v) is 3.50. The van der Waals surface area contributed by atoms with Gasteiger partial charge < -0.3 is 15.6 Å². The van der Waals surface area contributed by atoms with E-state index in [-0.39, 0.29) is 5.91 Å². The Morgan fingerprint density at radius 1 is 1.39 bits per heavy atom. The van der Waals surface area contributed by atoms with Crippen LogP contribution in [-0.4, -0.2) is 23.6 Å². The Labute approximate surface area is 110 Å². The number of hydrogen-bond acceptors (Lipinski definition) is 3. The number of hydrogen-bond donors (Lipinski definition) is 2. The number of aromatic nitrogens is 1. The van der Waals surface area contributed by atoms with Crippen molar-refractivity contribution in [3.8, 4) is 0 Å². The maximum absolute atomic E-state index is 12.0. The van der Waals surface area contributed by atoms with Gasteiger partial charge in [-0.25, -0.2) is 0 Å². The summed E-state index contributed by atoms with van der Waals surface area (Å²) in [4.78, 5) is 13.2. The second-order valence-corrected chi connectivity index (χ2v) is 5.03. The molecule has 3 N–H and O–H groups in total. The van der Waals surface area contributed by atoms with Gasteiger partial charge >= 0.3 is 0 Å². The van der Waals surface area contributed by atoms with E-state index in [9.17, 15) is 4.79 Å². The predicted molar refractivity (Wildman–Crippen MR) is 73.9 cm³/mol. The van der Waals surface area contributed by atoms with Crippen LogP contribution in [0.4, 0.5) is 0 Å². The summed E-state index contributed by atoms with van der Waals surface area (Å²) in [5, 5.41) is 4.91. The number of nitrogens with zero attached hydrogens (tertiary/aromatic N) is 1. The molecule has 0 aliphatic carbocycles. The zero-order valence-electron chi connectivity index (χ0n) is 10.1. The first-order valence-electron chi connectivity index (χ1n) is 5.97. The molecule has 2 aromatic heterocycles. The molecule has 0 spiro atoms. The van der Waals surface area contributed by atoms with Crippen LogP contribution >= 0.6 is 11.3 Å². The normalized spacial score (nSPS) is 10.5. The number of rotatable bonds is 6. The van der Waals surface area contributed by atoms with Crippen LogP contribution in [0.3, 0.4) is 0 Å². The molecule has 0 radical (unpaired) electrons. The Morgan fingerprint density at radius 3 is 3.00 bits per heavy atom. The predicted octanol–water partition coefficient (Wildman–Crippen LogP) is 1.68. The van der Waals surface area contributed by atoms with E-state index in [1.54, 1.807) is 11.3 Å². The molecule has 0 aliphatic heterocycles. The van der Waals surface area contributed by atoms with Crippen molar-refractivity contribution >= 4 is 17.2 Å². The molecule has 0 bridgehead atoms. The zero-order valence-corrected chi connectivity index (χ0v) is 11.0. The summed E-state index contributed by atoms with van der Waals surface area (Å²) >= 11 is 1.69. The third-order valence-electron chi connectivity index (χ3n) is 2.63. The van der Waals surface area contributed by atoms with Gasteiger partial charge in [-0.3, -0.25) is 4.79 Å². The first kappa shape index (κ1) is 12.9. The molecule has 18 heavy (non-hydrogen) atoms. The molecule has 0 unspecified atom stereocenters. The largest absolute Gasteiger partial charge is 0.351 e. The van der Waals surface area contributed by atoms with E-state index in [2.05, 4.69) is 11.4 Å². The molecule has 0 aromatic carbocycles. The second-order valence-electron chi connectivity index (χ2n) is 4.00. The van der Waals surface area contributed by atoms with Crippen LogP contribution < -0.4 is 11.1 Å². The molecule has 0 aliphatic rings. The minimum atomic E-state index is -0.0370. The number of carbonyl (C=O) groups excluding carboxylic acids is 1. The highest BCUT2D eigenvalue weighted by Gasteiger charge is 2.10. The lowest BCUT2D eigenvalue weighted by Crippen LogP contribution is -2.28. The summed E-state index contributed by atoms with van der Waals surface area (Å²) in [6, 6.07) is 7.82. The van der Waals surface area contributed by atoms with Crippen molar-refractivity contribution in [2.45, 2.75) is 13.0 Å². The van der Waals surface area contributed by atoms with Crippen LogP contribution in [0.2, 0.25) is 0 Å². The molecule has 4 nitrogen and oxygen atoms in total. The molecule has 2 rings (SSSR count). The van der Waals surface area contributed by atoms with Gasteiger partial charge in [-0.1, -0.05) is 6.07 Å². The molecular formula is C13H17N3OS. The lowest BCUT2D eigenvalue weighted by molar-refractivity contribution is 0.0944. The molecule has 1 amide bonds. The number of amides is 1. The van der Waals surface area contributed by atoms with E-state index in [1.165, 1.54) is 4.88 Å². The Hall–Kier alpha value is -1.59. The van der Waals surface area contributed by atoms with E-state index >= 15 is 0 Å². The van der Waals surface area contributed by atoms with Crippen molar-refractivity contribution in [3.63, 3.8) is 0 Å². The van der Waals surface area contributed by atoms with Crippen LogP contribution in [0.15, 0.2) is 35.8 Å². The van der Waals surface area contributed by atoms with E-state index in [1.807, 2.05) is 34.3 Å². The summed E-state index contributed by atoms with van der Waals surface area (Å²) in [5.41, 5.74) is 6.09. The fourth-order valence-corrected chi connectivity index (χ4v) is 2.43. The number of thiophene rings is 1. The molecule has 2 heterocycles. The summed E-state index contributed by atoms with van der Waals surface area (Å²) < 4.78 is 1.96. The number of nitrogens with one attached hydrogen (secondary N) is 1. The first-order chi connectivity index (χ1) is 8.81. The van der Waals surface area contributed by atoms with Crippen LogP contribution in [-0.2, 0) is 6.54 Å². The van der Waals surface area contributed by atoms with Crippen molar-refractivity contribution in [3.05, 3.63) is 46.4 Å². The summed E-state index contributed by atoms with van der Waals surface area (Å²) in [7, 11) is 0. The fraction of sp³-hybridized carbons (Fsp3) is 0.308. The van der Waals surface area contributed by atoms with Crippen molar-refractivity contribution in [2.24, 2.45) is 5.73 Å². The first-order valence-corrected chi connectivity index (χ1v) is 6.85. The van der Waals surface area contributed by atoms with Crippen molar-refractivity contribution in [1.82, 2.24) is 9.88 Å². The van der Waals surface area contributed by atoms with E-state index in [4.69, 9.17) is 5.73 Å². The monoisotopic (exact) mass is 263 g/mol. The molecule has 2 aromatic rings. The Bertz CT molecular complexity index is 490. The Balaban J connectivity index is 2.00. The lowest BCUT2D eigenvalue weighted by Gasteiger charge is -2.08. The van der Waals surface area contributed by atoms with Crippen LogP contribution in [0.25, 0.3) is 0 Å². The van der Waals surface area contributed by atoms with E-state index < -0.39 is 0 Å². The van der Waals surface area contributed by atoms with E-state index in [0.717, 1.165) is 13.0 Å². The van der Waals surface area contributed by atoms with Crippen molar-refractivity contribution in [1.29, 1.82) is 0 Å². The quantitative estimate of drug-likeness (QED) is 0.779. The molecule has 0 saturated heterocycles. The highest BCUT2D eigenvalue weighted by atomic mass is 32.1. The van der Waals surface area contributed by atoms with Gasteiger partial charge in [0.25, 0.3) is 5.91 Å². The average Bonchev–Trinajstić information content (AvgIpc) is 3.01. The fourth-order valence-electron chi connectivity index (χ4n) is 1.72. The minimum Gasteiger partial charge on any atom is -0.351 e. The SMILES string of the molecule is NCCCNC(=O)c1cccn1Cc1cccs1. The van der Waals surface area contributed by atoms with Crippen LogP contribution in [0, 0.1) is 0 Å². The van der Waals surface area contributed by atoms with Gasteiger partial charge in [-0.2, -0.15) is 0 Å². The van der Waals surface area contributed by atoms with Gasteiger partial charge in [-0.05, 0) is 36.5 Å². The zero-order chi connectivity index (χ0) is 12.8. The molecule has 0 saturated carbocycles. The van der Waals surface area contributed by atoms with Crippen LogP contribution in [0.1, 0.15) is 21.8 Å².